The van der Waals surface area contributed by atoms with Crippen LogP contribution in [0.15, 0.2) is 0 Å². The van der Waals surface area contributed by atoms with Crippen LogP contribution in [0.5, 0.6) is 0 Å². The number of ether oxygens (including phenoxy) is 2. The lowest BCUT2D eigenvalue weighted by atomic mass is 9.79. The van der Waals surface area contributed by atoms with Crippen LogP contribution in [0.3, 0.4) is 0 Å². The first kappa shape index (κ1) is 16.4. The van der Waals surface area contributed by atoms with Crippen molar-refractivity contribution in [2.24, 2.45) is 5.92 Å². The monoisotopic (exact) mass is 272 g/mol. The Bertz CT molecular complexity index is 280. The van der Waals surface area contributed by atoms with Crippen LogP contribution in [-0.2, 0) is 14.3 Å². The molecule has 0 bridgehead atoms. The Morgan fingerprint density at radius 2 is 1.89 bits per heavy atom. The predicted octanol–water partition coefficient (Wildman–Crippen LogP) is 3.02. The number of hydrogen-bond acceptors (Lipinski definition) is 4. The number of aliphatic hydroxyl groups is 1. The number of rotatable bonds is 6. The molecule has 0 aromatic carbocycles. The number of carbonyl (C=O) groups is 1. The van der Waals surface area contributed by atoms with Gasteiger partial charge in [-0.1, -0.05) is 26.2 Å². The van der Waals surface area contributed by atoms with Crippen molar-refractivity contribution in [3.8, 4) is 0 Å². The topological polar surface area (TPSA) is 55.8 Å². The van der Waals surface area contributed by atoms with Gasteiger partial charge in [-0.05, 0) is 46.0 Å². The van der Waals surface area contributed by atoms with E-state index in [-0.39, 0.29) is 5.97 Å². The van der Waals surface area contributed by atoms with Crippen LogP contribution < -0.4 is 0 Å². The maximum atomic E-state index is 12.1. The summed E-state index contributed by atoms with van der Waals surface area (Å²) >= 11 is 0. The molecule has 1 rings (SSSR count). The summed E-state index contributed by atoms with van der Waals surface area (Å²) in [6.07, 6.45) is 4.83. The van der Waals surface area contributed by atoms with Gasteiger partial charge in [0.25, 0.3) is 0 Å². The fourth-order valence-electron chi connectivity index (χ4n) is 2.76. The quantitative estimate of drug-likeness (QED) is 0.596. The van der Waals surface area contributed by atoms with E-state index < -0.39 is 18.0 Å². The second kappa shape index (κ2) is 7.25. The molecule has 0 heterocycles. The smallest absolute Gasteiger partial charge is 0.335 e. The van der Waals surface area contributed by atoms with E-state index in [1.807, 2.05) is 20.8 Å². The minimum atomic E-state index is -0.949. The summed E-state index contributed by atoms with van der Waals surface area (Å²) in [6, 6.07) is 0. The molecule has 0 aromatic heterocycles. The number of hydrogen-bond donors (Lipinski definition) is 1. The van der Waals surface area contributed by atoms with Gasteiger partial charge in [-0.2, -0.15) is 0 Å². The summed E-state index contributed by atoms with van der Waals surface area (Å²) in [7, 11) is 0. The lowest BCUT2D eigenvalue weighted by molar-refractivity contribution is -0.192. The molecule has 0 amide bonds. The Balaban J connectivity index is 2.57. The Labute approximate surface area is 116 Å². The van der Waals surface area contributed by atoms with E-state index in [1.54, 1.807) is 0 Å². The highest BCUT2D eigenvalue weighted by molar-refractivity contribution is 5.75. The van der Waals surface area contributed by atoms with Crippen molar-refractivity contribution in [1.29, 1.82) is 0 Å². The normalized spacial score (nSPS) is 20.9. The van der Waals surface area contributed by atoms with Gasteiger partial charge >= 0.3 is 5.97 Å². The lowest BCUT2D eigenvalue weighted by Crippen LogP contribution is -2.42. The summed E-state index contributed by atoms with van der Waals surface area (Å²) in [6.45, 7) is 7.32. The van der Waals surface area contributed by atoms with Crippen molar-refractivity contribution in [3.05, 3.63) is 0 Å². The van der Waals surface area contributed by atoms with Crippen molar-refractivity contribution in [1.82, 2.24) is 0 Å². The third kappa shape index (κ3) is 5.11. The maximum absolute atomic E-state index is 12.1. The summed E-state index contributed by atoms with van der Waals surface area (Å²) in [4.78, 5) is 12.1. The minimum absolute atomic E-state index is 0.362. The summed E-state index contributed by atoms with van der Waals surface area (Å²) in [5.41, 5.74) is -0.451. The van der Waals surface area contributed by atoms with Gasteiger partial charge in [-0.3, -0.25) is 0 Å². The van der Waals surface area contributed by atoms with E-state index in [0.29, 0.717) is 12.3 Å². The standard InChI is InChI=1S/C15H28O4/c1-5-13(18-11(2)16)14(17)19-15(3,4)12-9-7-6-8-10-12/h11-13,16H,5-10H2,1-4H3/t11-,13?/m1/s1. The highest BCUT2D eigenvalue weighted by Crippen LogP contribution is 2.35. The molecule has 112 valence electrons. The summed E-state index contributed by atoms with van der Waals surface area (Å²) < 4.78 is 10.8. The molecule has 0 radical (unpaired) electrons. The molecule has 1 unspecified atom stereocenters. The Hall–Kier alpha value is -0.610. The van der Waals surface area contributed by atoms with Crippen molar-refractivity contribution in [2.75, 3.05) is 0 Å². The summed E-state index contributed by atoms with van der Waals surface area (Å²) in [5, 5.41) is 9.22. The van der Waals surface area contributed by atoms with Crippen molar-refractivity contribution < 1.29 is 19.4 Å². The molecule has 1 aliphatic rings. The second-order valence-electron chi connectivity index (χ2n) is 5.99. The number of carbonyl (C=O) groups excluding carboxylic acids is 1. The van der Waals surface area contributed by atoms with Crippen LogP contribution in [0.2, 0.25) is 0 Å². The molecule has 4 heteroatoms. The molecule has 1 aliphatic carbocycles. The molecule has 1 saturated carbocycles. The Kier molecular flexibility index (Phi) is 6.27. The largest absolute Gasteiger partial charge is 0.457 e. The molecule has 0 aliphatic heterocycles. The van der Waals surface area contributed by atoms with Crippen LogP contribution in [0, 0.1) is 5.92 Å². The van der Waals surface area contributed by atoms with Gasteiger partial charge < -0.3 is 14.6 Å². The molecule has 19 heavy (non-hydrogen) atoms. The van der Waals surface area contributed by atoms with E-state index in [0.717, 1.165) is 12.8 Å². The molecule has 4 nitrogen and oxygen atoms in total. The van der Waals surface area contributed by atoms with E-state index in [9.17, 15) is 9.90 Å². The molecule has 0 spiro atoms. The van der Waals surface area contributed by atoms with Crippen LogP contribution in [0.4, 0.5) is 0 Å². The highest BCUT2D eigenvalue weighted by Gasteiger charge is 2.36. The SMILES string of the molecule is CCC(O[C@H](C)O)C(=O)OC(C)(C)C1CCCCC1. The maximum Gasteiger partial charge on any atom is 0.335 e. The van der Waals surface area contributed by atoms with E-state index >= 15 is 0 Å². The van der Waals surface area contributed by atoms with Gasteiger partial charge in [0.2, 0.25) is 0 Å². The first-order valence-electron chi connectivity index (χ1n) is 7.43. The molecule has 2 atom stereocenters. The van der Waals surface area contributed by atoms with Gasteiger partial charge in [0.1, 0.15) is 5.60 Å². The van der Waals surface area contributed by atoms with Gasteiger partial charge in [0.05, 0.1) is 0 Å². The zero-order valence-corrected chi connectivity index (χ0v) is 12.6. The fourth-order valence-corrected chi connectivity index (χ4v) is 2.76. The minimum Gasteiger partial charge on any atom is -0.457 e. The third-order valence-corrected chi connectivity index (χ3v) is 3.95. The molecule has 0 aromatic rings. The molecule has 1 N–H and O–H groups in total. The Morgan fingerprint density at radius 1 is 1.32 bits per heavy atom. The number of aliphatic hydroxyl groups excluding tert-OH is 1. The Morgan fingerprint density at radius 3 is 2.37 bits per heavy atom. The molecule has 0 saturated heterocycles. The average Bonchev–Trinajstić information content (AvgIpc) is 2.36. The fraction of sp³-hybridized carbons (Fsp3) is 0.933. The van der Waals surface area contributed by atoms with Crippen LogP contribution in [0.25, 0.3) is 0 Å². The first-order chi connectivity index (χ1) is 8.86. The first-order valence-corrected chi connectivity index (χ1v) is 7.43. The van der Waals surface area contributed by atoms with Crippen molar-refractivity contribution >= 4 is 5.97 Å². The summed E-state index contributed by atoms with van der Waals surface area (Å²) in [5.74, 6) is 0.0632. The zero-order chi connectivity index (χ0) is 14.5. The second-order valence-corrected chi connectivity index (χ2v) is 5.99. The van der Waals surface area contributed by atoms with E-state index in [4.69, 9.17) is 9.47 Å². The van der Waals surface area contributed by atoms with E-state index in [1.165, 1.54) is 26.2 Å². The van der Waals surface area contributed by atoms with Gasteiger partial charge in [0, 0.05) is 0 Å². The van der Waals surface area contributed by atoms with Crippen molar-refractivity contribution in [2.45, 2.75) is 84.2 Å². The predicted molar refractivity (Wildman–Crippen MR) is 73.6 cm³/mol. The van der Waals surface area contributed by atoms with Crippen LogP contribution in [-0.4, -0.2) is 29.1 Å². The van der Waals surface area contributed by atoms with Gasteiger partial charge in [-0.25, -0.2) is 4.79 Å². The number of esters is 1. The molecular weight excluding hydrogens is 244 g/mol. The van der Waals surface area contributed by atoms with Crippen LogP contribution >= 0.6 is 0 Å². The van der Waals surface area contributed by atoms with Crippen molar-refractivity contribution in [3.63, 3.8) is 0 Å². The van der Waals surface area contributed by atoms with Crippen LogP contribution in [0.1, 0.15) is 66.2 Å². The van der Waals surface area contributed by atoms with Gasteiger partial charge in [0.15, 0.2) is 12.4 Å². The van der Waals surface area contributed by atoms with Gasteiger partial charge in [-0.15, -0.1) is 0 Å². The molecule has 1 fully saturated rings. The average molecular weight is 272 g/mol. The zero-order valence-electron chi connectivity index (χ0n) is 12.6. The third-order valence-electron chi connectivity index (χ3n) is 3.95. The van der Waals surface area contributed by atoms with E-state index in [2.05, 4.69) is 0 Å². The lowest BCUT2D eigenvalue weighted by Gasteiger charge is -2.37. The highest BCUT2D eigenvalue weighted by atomic mass is 16.6. The molecular formula is C15H28O4.